The van der Waals surface area contributed by atoms with E-state index in [4.69, 9.17) is 9.47 Å². The monoisotopic (exact) mass is 488 g/mol. The minimum atomic E-state index is 0.910. The van der Waals surface area contributed by atoms with E-state index in [1.165, 1.54) is 32.3 Å². The van der Waals surface area contributed by atoms with Crippen LogP contribution in [0.5, 0.6) is 17.2 Å². The molecule has 0 fully saturated rings. The molecule has 0 N–H and O–H groups in total. The molecular formula is C36H24O2. The van der Waals surface area contributed by atoms with Crippen molar-refractivity contribution in [2.45, 2.75) is 0 Å². The van der Waals surface area contributed by atoms with Crippen LogP contribution in [0.15, 0.2) is 128 Å². The largest absolute Gasteiger partial charge is 0.464 e. The lowest BCUT2D eigenvalue weighted by Gasteiger charge is -2.10. The summed E-state index contributed by atoms with van der Waals surface area (Å²) in [6, 6.07) is 37.6. The van der Waals surface area contributed by atoms with Gasteiger partial charge in [-0.3, -0.25) is 0 Å². The number of ether oxygens (including phenoxy) is 2. The van der Waals surface area contributed by atoms with E-state index in [0.717, 1.165) is 33.9 Å². The number of para-hydroxylation sites is 1. The molecule has 0 aliphatic carbocycles. The maximum Gasteiger partial charge on any atom is 0.135 e. The molecule has 2 heteroatoms. The number of benzene rings is 6. The van der Waals surface area contributed by atoms with Crippen molar-refractivity contribution in [1.29, 1.82) is 0 Å². The molecule has 0 aromatic heterocycles. The molecule has 8 rings (SSSR count). The summed E-state index contributed by atoms with van der Waals surface area (Å²) in [7, 11) is 0. The lowest BCUT2D eigenvalue weighted by atomic mass is 9.97. The molecule has 0 amide bonds. The van der Waals surface area contributed by atoms with E-state index in [2.05, 4.69) is 97.1 Å². The first-order valence-electron chi connectivity index (χ1n) is 12.8. The Hall–Kier alpha value is -5.08. The summed E-state index contributed by atoms with van der Waals surface area (Å²) in [4.78, 5) is 0. The Balaban J connectivity index is 0.000000127. The Morgan fingerprint density at radius 1 is 0.421 bits per heavy atom. The Kier molecular flexibility index (Phi) is 5.49. The molecule has 180 valence electrons. The zero-order valence-electron chi connectivity index (χ0n) is 20.7. The van der Waals surface area contributed by atoms with E-state index in [1.54, 1.807) is 6.26 Å². The third kappa shape index (κ3) is 3.93. The van der Waals surface area contributed by atoms with Gasteiger partial charge in [-0.05, 0) is 57.3 Å². The molecule has 0 unspecified atom stereocenters. The fourth-order valence-corrected chi connectivity index (χ4v) is 5.22. The maximum atomic E-state index is 6.05. The normalized spacial score (nSPS) is 12.8. The maximum absolute atomic E-state index is 6.05. The lowest BCUT2D eigenvalue weighted by Crippen LogP contribution is -1.88. The fraction of sp³-hybridized carbons (Fsp3) is 0. The molecule has 38 heavy (non-hydrogen) atoms. The van der Waals surface area contributed by atoms with E-state index in [0.29, 0.717) is 0 Å². The highest BCUT2D eigenvalue weighted by Gasteiger charge is 2.12. The first-order valence-corrected chi connectivity index (χ1v) is 12.8. The molecule has 0 bridgehead atoms. The van der Waals surface area contributed by atoms with E-state index >= 15 is 0 Å². The van der Waals surface area contributed by atoms with Crippen LogP contribution < -0.4 is 9.47 Å². The third-order valence-electron chi connectivity index (χ3n) is 7.06. The quantitative estimate of drug-likeness (QED) is 0.198. The van der Waals surface area contributed by atoms with Crippen molar-refractivity contribution < 1.29 is 9.47 Å². The Morgan fingerprint density at radius 2 is 1.11 bits per heavy atom. The third-order valence-corrected chi connectivity index (χ3v) is 7.06. The van der Waals surface area contributed by atoms with Gasteiger partial charge in [0.05, 0.1) is 6.26 Å². The van der Waals surface area contributed by atoms with Gasteiger partial charge in [0, 0.05) is 22.1 Å². The molecule has 0 radical (unpaired) electrons. The van der Waals surface area contributed by atoms with Gasteiger partial charge in [-0.1, -0.05) is 109 Å². The van der Waals surface area contributed by atoms with Crippen LogP contribution in [0.25, 0.3) is 50.5 Å². The summed E-state index contributed by atoms with van der Waals surface area (Å²) in [5.41, 5.74) is 3.41. The second-order valence-electron chi connectivity index (χ2n) is 9.34. The van der Waals surface area contributed by atoms with Crippen LogP contribution in [-0.2, 0) is 0 Å². The highest BCUT2D eigenvalue weighted by atomic mass is 16.5. The molecule has 2 aliphatic rings. The zero-order valence-corrected chi connectivity index (χ0v) is 20.7. The summed E-state index contributed by atoms with van der Waals surface area (Å²) in [6.45, 7) is 0. The predicted octanol–water partition coefficient (Wildman–Crippen LogP) is 10.0. The molecule has 0 saturated carbocycles. The molecule has 6 aromatic carbocycles. The van der Waals surface area contributed by atoms with Crippen molar-refractivity contribution in [3.05, 3.63) is 144 Å². The summed E-state index contributed by atoms with van der Waals surface area (Å²) < 4.78 is 11.7. The number of hydrogen-bond acceptors (Lipinski definition) is 2. The minimum absolute atomic E-state index is 0.910. The Bertz CT molecular complexity index is 1920. The summed E-state index contributed by atoms with van der Waals surface area (Å²) in [5.74, 6) is 2.74. The summed E-state index contributed by atoms with van der Waals surface area (Å²) >= 11 is 0. The van der Waals surface area contributed by atoms with Gasteiger partial charge in [0.25, 0.3) is 0 Å². The summed E-state index contributed by atoms with van der Waals surface area (Å²) in [5, 5.41) is 7.49. The van der Waals surface area contributed by atoms with Gasteiger partial charge in [0.1, 0.15) is 17.2 Å². The smallest absolute Gasteiger partial charge is 0.135 e. The van der Waals surface area contributed by atoms with Crippen LogP contribution in [0.4, 0.5) is 0 Å². The topological polar surface area (TPSA) is 18.5 Å². The first-order chi connectivity index (χ1) is 18.8. The van der Waals surface area contributed by atoms with E-state index in [9.17, 15) is 0 Å². The van der Waals surface area contributed by atoms with Gasteiger partial charge in [-0.2, -0.15) is 0 Å². The van der Waals surface area contributed by atoms with Crippen molar-refractivity contribution in [1.82, 2.24) is 0 Å². The van der Waals surface area contributed by atoms with E-state index in [-0.39, 0.29) is 0 Å². The van der Waals surface area contributed by atoms with Crippen LogP contribution in [0.3, 0.4) is 0 Å². The number of hydrogen-bond donors (Lipinski definition) is 0. The van der Waals surface area contributed by atoms with Crippen LogP contribution >= 0.6 is 0 Å². The van der Waals surface area contributed by atoms with Crippen LogP contribution in [0.2, 0.25) is 0 Å². The van der Waals surface area contributed by atoms with Crippen LogP contribution in [0.1, 0.15) is 16.7 Å². The van der Waals surface area contributed by atoms with Gasteiger partial charge in [0.15, 0.2) is 0 Å². The van der Waals surface area contributed by atoms with Crippen LogP contribution in [0, 0.1) is 0 Å². The molecule has 2 heterocycles. The van der Waals surface area contributed by atoms with Crippen LogP contribution in [-0.4, -0.2) is 0 Å². The van der Waals surface area contributed by atoms with Crippen molar-refractivity contribution in [3.8, 4) is 17.2 Å². The fourth-order valence-electron chi connectivity index (χ4n) is 5.22. The molecule has 0 saturated heterocycles. The zero-order chi connectivity index (χ0) is 25.3. The highest BCUT2D eigenvalue weighted by molar-refractivity contribution is 6.12. The van der Waals surface area contributed by atoms with Crippen molar-refractivity contribution in [3.63, 3.8) is 0 Å². The van der Waals surface area contributed by atoms with E-state index < -0.39 is 0 Å². The highest BCUT2D eigenvalue weighted by Crippen LogP contribution is 2.38. The second kappa shape index (κ2) is 9.42. The predicted molar refractivity (Wildman–Crippen MR) is 160 cm³/mol. The Morgan fingerprint density at radius 3 is 2.03 bits per heavy atom. The second-order valence-corrected chi connectivity index (χ2v) is 9.34. The van der Waals surface area contributed by atoms with E-state index in [1.807, 2.05) is 42.5 Å². The van der Waals surface area contributed by atoms with Crippen molar-refractivity contribution in [2.75, 3.05) is 0 Å². The Labute approximate surface area is 221 Å². The molecule has 2 aliphatic heterocycles. The number of allylic oxidation sites excluding steroid dienone is 2. The standard InChI is InChI=1S/2C18H12O/c1-3-7-15-13(5-1)10-12-18-16(15)11-9-14-6-2-4-8-17(14)19-18;1-2-6-15-13(5-1)8-9-14-10-11-17-16(18(14)15)7-3-4-12-19-17/h2*1-12H. The summed E-state index contributed by atoms with van der Waals surface area (Å²) in [6.07, 6.45) is 12.0. The molecule has 0 atom stereocenters. The number of fused-ring (bicyclic) bond motifs is 9. The SMILES string of the molecule is C1=COc2ccc3ccc4ccccc4c3c2C=C1.C1=Cc2c(ccc3ccccc23)Oc2ccccc21. The molecule has 6 aromatic rings. The van der Waals surface area contributed by atoms with Gasteiger partial charge in [-0.15, -0.1) is 0 Å². The number of rotatable bonds is 0. The van der Waals surface area contributed by atoms with Crippen molar-refractivity contribution >= 4 is 50.5 Å². The van der Waals surface area contributed by atoms with Gasteiger partial charge in [0.2, 0.25) is 0 Å². The lowest BCUT2D eigenvalue weighted by molar-refractivity contribution is 0.482. The average Bonchev–Trinajstić information content (AvgIpc) is 3.34. The van der Waals surface area contributed by atoms with Gasteiger partial charge in [-0.25, -0.2) is 0 Å². The molecular weight excluding hydrogens is 464 g/mol. The van der Waals surface area contributed by atoms with Crippen molar-refractivity contribution in [2.24, 2.45) is 0 Å². The average molecular weight is 489 g/mol. The minimum Gasteiger partial charge on any atom is -0.464 e. The molecule has 2 nitrogen and oxygen atoms in total. The van der Waals surface area contributed by atoms with Gasteiger partial charge < -0.3 is 9.47 Å². The van der Waals surface area contributed by atoms with Gasteiger partial charge >= 0.3 is 0 Å². The first kappa shape index (κ1) is 22.1. The molecule has 0 spiro atoms.